The molecule has 4 rings (SSSR count). The fourth-order valence-electron chi connectivity index (χ4n) is 3.50. The highest BCUT2D eigenvalue weighted by atomic mass is 19.1. The van der Waals surface area contributed by atoms with Crippen molar-refractivity contribution in [3.8, 4) is 0 Å². The SMILES string of the molecule is O=C(Nc1cccc(NC(=O)C2CC(=O)N(c3ccccc3F)C2)c1)c1ccccc1. The van der Waals surface area contributed by atoms with Gasteiger partial charge in [0.05, 0.1) is 11.6 Å². The largest absolute Gasteiger partial charge is 0.326 e. The van der Waals surface area contributed by atoms with Crippen molar-refractivity contribution in [1.82, 2.24) is 0 Å². The van der Waals surface area contributed by atoms with Crippen molar-refractivity contribution >= 4 is 34.8 Å². The Labute approximate surface area is 178 Å². The molecule has 1 aliphatic heterocycles. The lowest BCUT2D eigenvalue weighted by molar-refractivity contribution is -0.122. The van der Waals surface area contributed by atoms with E-state index in [2.05, 4.69) is 10.6 Å². The van der Waals surface area contributed by atoms with Crippen LogP contribution < -0.4 is 15.5 Å². The number of benzene rings is 3. The van der Waals surface area contributed by atoms with Crippen molar-refractivity contribution in [3.05, 3.63) is 90.2 Å². The Morgan fingerprint density at radius 2 is 1.55 bits per heavy atom. The Kier molecular flexibility index (Phi) is 5.75. The van der Waals surface area contributed by atoms with Gasteiger partial charge in [0.25, 0.3) is 5.91 Å². The molecule has 0 radical (unpaired) electrons. The second-order valence-corrected chi connectivity index (χ2v) is 7.25. The molecule has 156 valence electrons. The Bertz CT molecular complexity index is 1130. The fraction of sp³-hybridized carbons (Fsp3) is 0.125. The Balaban J connectivity index is 1.41. The van der Waals surface area contributed by atoms with Gasteiger partial charge in [0, 0.05) is 29.9 Å². The average molecular weight is 417 g/mol. The lowest BCUT2D eigenvalue weighted by Gasteiger charge is -2.17. The molecule has 2 N–H and O–H groups in total. The van der Waals surface area contributed by atoms with Crippen LogP contribution in [0.4, 0.5) is 21.5 Å². The topological polar surface area (TPSA) is 78.5 Å². The van der Waals surface area contributed by atoms with Crippen LogP contribution in [0.1, 0.15) is 16.8 Å². The first kappa shape index (κ1) is 20.3. The quantitative estimate of drug-likeness (QED) is 0.657. The maximum Gasteiger partial charge on any atom is 0.255 e. The van der Waals surface area contributed by atoms with Gasteiger partial charge < -0.3 is 15.5 Å². The minimum absolute atomic E-state index is 0.00456. The summed E-state index contributed by atoms with van der Waals surface area (Å²) in [7, 11) is 0. The molecule has 1 unspecified atom stereocenters. The van der Waals surface area contributed by atoms with Gasteiger partial charge in [0.1, 0.15) is 5.82 Å². The van der Waals surface area contributed by atoms with Crippen molar-refractivity contribution in [2.24, 2.45) is 5.92 Å². The molecule has 31 heavy (non-hydrogen) atoms. The molecular formula is C24H20FN3O3. The lowest BCUT2D eigenvalue weighted by Crippen LogP contribution is -2.28. The highest BCUT2D eigenvalue weighted by molar-refractivity contribution is 6.05. The smallest absolute Gasteiger partial charge is 0.255 e. The van der Waals surface area contributed by atoms with Gasteiger partial charge in [-0.15, -0.1) is 0 Å². The first-order valence-electron chi connectivity index (χ1n) is 9.83. The molecule has 0 aliphatic carbocycles. The van der Waals surface area contributed by atoms with Crippen molar-refractivity contribution in [2.75, 3.05) is 22.1 Å². The van der Waals surface area contributed by atoms with E-state index >= 15 is 0 Å². The number of hydrogen-bond donors (Lipinski definition) is 2. The van der Waals surface area contributed by atoms with Gasteiger partial charge >= 0.3 is 0 Å². The van der Waals surface area contributed by atoms with E-state index in [1.165, 1.54) is 17.0 Å². The minimum Gasteiger partial charge on any atom is -0.326 e. The predicted octanol–water partition coefficient (Wildman–Crippen LogP) is 4.07. The van der Waals surface area contributed by atoms with E-state index in [9.17, 15) is 18.8 Å². The molecule has 0 spiro atoms. The lowest BCUT2D eigenvalue weighted by atomic mass is 10.1. The summed E-state index contributed by atoms with van der Waals surface area (Å²) in [5.41, 5.74) is 1.72. The van der Waals surface area contributed by atoms with E-state index in [4.69, 9.17) is 0 Å². The molecule has 1 saturated heterocycles. The predicted molar refractivity (Wildman–Crippen MR) is 116 cm³/mol. The molecule has 6 nitrogen and oxygen atoms in total. The highest BCUT2D eigenvalue weighted by Gasteiger charge is 2.36. The number of halogens is 1. The number of nitrogens with zero attached hydrogens (tertiary/aromatic N) is 1. The van der Waals surface area contributed by atoms with Gasteiger partial charge in [-0.05, 0) is 42.5 Å². The number of amides is 3. The number of nitrogens with one attached hydrogen (secondary N) is 2. The molecule has 3 aromatic rings. The van der Waals surface area contributed by atoms with Gasteiger partial charge in [-0.3, -0.25) is 14.4 Å². The van der Waals surface area contributed by atoms with Crippen LogP contribution in [0.5, 0.6) is 0 Å². The van der Waals surface area contributed by atoms with E-state index < -0.39 is 11.7 Å². The summed E-state index contributed by atoms with van der Waals surface area (Å²) >= 11 is 0. The molecule has 3 amide bonds. The standard InChI is InChI=1S/C24H20FN3O3/c25-20-11-4-5-12-21(20)28-15-17(13-22(28)29)24(31)27-19-10-6-9-18(14-19)26-23(30)16-7-2-1-3-8-16/h1-12,14,17H,13,15H2,(H,26,30)(H,27,31). The number of anilines is 3. The molecule has 7 heteroatoms. The van der Waals surface area contributed by atoms with Crippen LogP contribution >= 0.6 is 0 Å². The van der Waals surface area contributed by atoms with E-state index in [1.807, 2.05) is 6.07 Å². The summed E-state index contributed by atoms with van der Waals surface area (Å²) in [5.74, 6) is -1.99. The van der Waals surface area contributed by atoms with Crippen molar-refractivity contribution in [2.45, 2.75) is 6.42 Å². The van der Waals surface area contributed by atoms with Crippen LogP contribution in [-0.2, 0) is 9.59 Å². The van der Waals surface area contributed by atoms with Crippen LogP contribution in [0.25, 0.3) is 0 Å². The molecule has 1 aliphatic rings. The summed E-state index contributed by atoms with van der Waals surface area (Å²) in [6, 6.07) is 21.6. The molecule has 1 atom stereocenters. The second-order valence-electron chi connectivity index (χ2n) is 7.25. The number of rotatable bonds is 5. The third kappa shape index (κ3) is 4.61. The second kappa shape index (κ2) is 8.79. The monoisotopic (exact) mass is 417 g/mol. The first-order valence-corrected chi connectivity index (χ1v) is 9.83. The number of para-hydroxylation sites is 1. The zero-order valence-corrected chi connectivity index (χ0v) is 16.5. The zero-order valence-electron chi connectivity index (χ0n) is 16.5. The van der Waals surface area contributed by atoms with Crippen molar-refractivity contribution in [1.29, 1.82) is 0 Å². The highest BCUT2D eigenvalue weighted by Crippen LogP contribution is 2.28. The van der Waals surface area contributed by atoms with E-state index in [0.717, 1.165) is 0 Å². The van der Waals surface area contributed by atoms with Crippen LogP contribution in [0.15, 0.2) is 78.9 Å². The summed E-state index contributed by atoms with van der Waals surface area (Å²) in [4.78, 5) is 38.7. The Morgan fingerprint density at radius 3 is 2.29 bits per heavy atom. The van der Waals surface area contributed by atoms with E-state index in [1.54, 1.807) is 60.7 Å². The van der Waals surface area contributed by atoms with Gasteiger partial charge in [-0.2, -0.15) is 0 Å². The van der Waals surface area contributed by atoms with Gasteiger partial charge in [-0.1, -0.05) is 36.4 Å². The summed E-state index contributed by atoms with van der Waals surface area (Å²) in [6.45, 7) is 0.107. The summed E-state index contributed by atoms with van der Waals surface area (Å²) in [6.07, 6.45) is 0.00456. The van der Waals surface area contributed by atoms with Crippen LogP contribution in [0.3, 0.4) is 0 Å². The van der Waals surface area contributed by atoms with Crippen LogP contribution in [0.2, 0.25) is 0 Å². The average Bonchev–Trinajstić information content (AvgIpc) is 3.16. The van der Waals surface area contributed by atoms with E-state index in [-0.39, 0.29) is 36.4 Å². The first-order chi connectivity index (χ1) is 15.0. The van der Waals surface area contributed by atoms with Crippen molar-refractivity contribution in [3.63, 3.8) is 0 Å². The molecule has 1 heterocycles. The Morgan fingerprint density at radius 1 is 0.871 bits per heavy atom. The van der Waals surface area contributed by atoms with Crippen LogP contribution in [0, 0.1) is 11.7 Å². The molecule has 3 aromatic carbocycles. The maximum atomic E-state index is 14.0. The molecule has 0 aromatic heterocycles. The zero-order chi connectivity index (χ0) is 21.8. The Hall–Kier alpha value is -4.00. The van der Waals surface area contributed by atoms with E-state index in [0.29, 0.717) is 16.9 Å². The summed E-state index contributed by atoms with van der Waals surface area (Å²) in [5, 5.41) is 5.57. The van der Waals surface area contributed by atoms with Gasteiger partial charge in [0.2, 0.25) is 11.8 Å². The van der Waals surface area contributed by atoms with Crippen LogP contribution in [-0.4, -0.2) is 24.3 Å². The van der Waals surface area contributed by atoms with Gasteiger partial charge in [0.15, 0.2) is 0 Å². The normalized spacial score (nSPS) is 15.6. The number of carbonyl (C=O) groups is 3. The van der Waals surface area contributed by atoms with Crippen molar-refractivity contribution < 1.29 is 18.8 Å². The summed E-state index contributed by atoms with van der Waals surface area (Å²) < 4.78 is 14.0. The maximum absolute atomic E-state index is 14.0. The minimum atomic E-state index is -0.602. The molecule has 0 bridgehead atoms. The third-order valence-electron chi connectivity index (χ3n) is 5.06. The molecule has 1 fully saturated rings. The number of carbonyl (C=O) groups excluding carboxylic acids is 3. The fourth-order valence-corrected chi connectivity index (χ4v) is 3.50. The molecular weight excluding hydrogens is 397 g/mol. The molecule has 0 saturated carbocycles. The number of hydrogen-bond acceptors (Lipinski definition) is 3. The third-order valence-corrected chi connectivity index (χ3v) is 5.06. The van der Waals surface area contributed by atoms with Gasteiger partial charge in [-0.25, -0.2) is 4.39 Å².